The Morgan fingerprint density at radius 1 is 0.963 bits per heavy atom. The zero-order chi connectivity index (χ0) is 19.2. The van der Waals surface area contributed by atoms with E-state index in [2.05, 4.69) is 0 Å². The molecule has 3 fully saturated rings. The molecule has 0 bridgehead atoms. The molecule has 3 heterocycles. The number of benzene rings is 1. The lowest BCUT2D eigenvalue weighted by Crippen LogP contribution is -2.49. The Morgan fingerprint density at radius 2 is 1.59 bits per heavy atom. The lowest BCUT2D eigenvalue weighted by molar-refractivity contribution is -0.130. The molecular weight excluding hydrogens is 366 g/mol. The second-order valence-corrected chi connectivity index (χ2v) is 9.71. The molecule has 3 amide bonds. The van der Waals surface area contributed by atoms with Crippen LogP contribution in [0, 0.1) is 0 Å². The summed E-state index contributed by atoms with van der Waals surface area (Å²) in [5, 5.41) is 0. The number of hydrogen-bond acceptors (Lipinski definition) is 4. The number of imide groups is 1. The maximum atomic E-state index is 13.1. The van der Waals surface area contributed by atoms with E-state index >= 15 is 0 Å². The third-order valence-corrected chi connectivity index (χ3v) is 7.95. The Morgan fingerprint density at radius 3 is 2.22 bits per heavy atom. The third kappa shape index (κ3) is 3.04. The van der Waals surface area contributed by atoms with Crippen LogP contribution in [0.15, 0.2) is 30.3 Å². The molecule has 0 aliphatic carbocycles. The Labute approximate surface area is 160 Å². The number of piperidine rings is 1. The predicted molar refractivity (Wildman–Crippen MR) is 100 cm³/mol. The molecule has 3 saturated heterocycles. The van der Waals surface area contributed by atoms with Gasteiger partial charge in [-0.05, 0) is 38.2 Å². The standard InChI is InChI=1S/C19H25N3O4S/c1-2-27(25,26)20-12-10-15(11-13-20)21-18(23)17-9-8-16(22(17)19(21)24)14-6-4-3-5-7-14/h3-7,15-17H,2,8-13H2,1H3/t16-,17-/m0/s1. The van der Waals surface area contributed by atoms with E-state index in [4.69, 9.17) is 0 Å². The van der Waals surface area contributed by atoms with Crippen LogP contribution >= 0.6 is 0 Å². The van der Waals surface area contributed by atoms with E-state index in [1.165, 1.54) is 9.21 Å². The Hall–Kier alpha value is -1.93. The lowest BCUT2D eigenvalue weighted by atomic mass is 10.0. The average Bonchev–Trinajstić information content (AvgIpc) is 3.23. The van der Waals surface area contributed by atoms with Gasteiger partial charge in [0.05, 0.1) is 11.8 Å². The van der Waals surface area contributed by atoms with Crippen LogP contribution in [0.25, 0.3) is 0 Å². The molecule has 3 aliphatic heterocycles. The molecular formula is C19H25N3O4S. The summed E-state index contributed by atoms with van der Waals surface area (Å²) in [5.41, 5.74) is 1.06. The van der Waals surface area contributed by atoms with Crippen LogP contribution in [0.4, 0.5) is 4.79 Å². The number of hydrogen-bond donors (Lipinski definition) is 0. The topological polar surface area (TPSA) is 78.0 Å². The average molecular weight is 391 g/mol. The van der Waals surface area contributed by atoms with E-state index in [1.807, 2.05) is 30.3 Å². The van der Waals surface area contributed by atoms with E-state index < -0.39 is 10.0 Å². The van der Waals surface area contributed by atoms with Gasteiger partial charge in [0.25, 0.3) is 5.91 Å². The zero-order valence-electron chi connectivity index (χ0n) is 15.5. The molecule has 146 valence electrons. The quantitative estimate of drug-likeness (QED) is 0.735. The lowest BCUT2D eigenvalue weighted by Gasteiger charge is -2.35. The summed E-state index contributed by atoms with van der Waals surface area (Å²) >= 11 is 0. The van der Waals surface area contributed by atoms with Crippen molar-refractivity contribution in [3.8, 4) is 0 Å². The number of carbonyl (C=O) groups is 2. The van der Waals surface area contributed by atoms with Crippen LogP contribution in [0.1, 0.15) is 44.2 Å². The normalized spacial score (nSPS) is 27.4. The first kappa shape index (κ1) is 18.4. The highest BCUT2D eigenvalue weighted by Gasteiger charge is 2.54. The van der Waals surface area contributed by atoms with E-state index in [1.54, 1.807) is 11.8 Å². The smallest absolute Gasteiger partial charge is 0.305 e. The molecule has 7 nitrogen and oxygen atoms in total. The van der Waals surface area contributed by atoms with Crippen molar-refractivity contribution in [3.05, 3.63) is 35.9 Å². The fourth-order valence-corrected chi connectivity index (χ4v) is 5.73. The first-order chi connectivity index (χ1) is 12.9. The van der Waals surface area contributed by atoms with Gasteiger partial charge >= 0.3 is 6.03 Å². The second-order valence-electron chi connectivity index (χ2n) is 7.45. The monoisotopic (exact) mass is 391 g/mol. The fraction of sp³-hybridized carbons (Fsp3) is 0.579. The Kier molecular flexibility index (Phi) is 4.71. The molecule has 1 aromatic rings. The van der Waals surface area contributed by atoms with Gasteiger partial charge in [0.1, 0.15) is 6.04 Å². The van der Waals surface area contributed by atoms with Crippen LogP contribution in [0.2, 0.25) is 0 Å². The molecule has 8 heteroatoms. The maximum Gasteiger partial charge on any atom is 0.328 e. The Bertz CT molecular complexity index is 834. The van der Waals surface area contributed by atoms with Gasteiger partial charge in [0, 0.05) is 19.1 Å². The van der Waals surface area contributed by atoms with Crippen molar-refractivity contribution in [2.75, 3.05) is 18.8 Å². The predicted octanol–water partition coefficient (Wildman–Crippen LogP) is 1.97. The third-order valence-electron chi connectivity index (χ3n) is 6.07. The molecule has 2 atom stereocenters. The first-order valence-electron chi connectivity index (χ1n) is 9.62. The summed E-state index contributed by atoms with van der Waals surface area (Å²) in [6.07, 6.45) is 2.50. The second kappa shape index (κ2) is 6.91. The van der Waals surface area contributed by atoms with Gasteiger partial charge in [0.2, 0.25) is 10.0 Å². The van der Waals surface area contributed by atoms with Crippen molar-refractivity contribution >= 4 is 22.0 Å². The number of urea groups is 1. The molecule has 0 aromatic heterocycles. The zero-order valence-corrected chi connectivity index (χ0v) is 16.3. The number of nitrogens with zero attached hydrogens (tertiary/aromatic N) is 3. The van der Waals surface area contributed by atoms with Crippen molar-refractivity contribution in [2.45, 2.75) is 50.7 Å². The number of fused-ring (bicyclic) bond motifs is 1. The van der Waals surface area contributed by atoms with Gasteiger partial charge in [-0.15, -0.1) is 0 Å². The van der Waals surface area contributed by atoms with Crippen LogP contribution < -0.4 is 0 Å². The molecule has 0 saturated carbocycles. The molecule has 0 spiro atoms. The summed E-state index contributed by atoms with van der Waals surface area (Å²) in [5.74, 6) is -0.0383. The minimum absolute atomic E-state index is 0.0572. The van der Waals surface area contributed by atoms with E-state index in [9.17, 15) is 18.0 Å². The summed E-state index contributed by atoms with van der Waals surface area (Å²) in [6, 6.07) is 8.99. The summed E-state index contributed by atoms with van der Waals surface area (Å²) in [4.78, 5) is 29.2. The highest BCUT2D eigenvalue weighted by molar-refractivity contribution is 7.89. The molecule has 0 radical (unpaired) electrons. The van der Waals surface area contributed by atoms with Crippen LogP contribution in [0.5, 0.6) is 0 Å². The van der Waals surface area contributed by atoms with Gasteiger partial charge in [-0.3, -0.25) is 9.69 Å². The molecule has 1 aromatic carbocycles. The minimum Gasteiger partial charge on any atom is -0.305 e. The van der Waals surface area contributed by atoms with E-state index in [-0.39, 0.29) is 35.8 Å². The number of amides is 3. The molecule has 27 heavy (non-hydrogen) atoms. The van der Waals surface area contributed by atoms with Gasteiger partial charge in [-0.25, -0.2) is 17.5 Å². The molecule has 4 rings (SSSR count). The molecule has 3 aliphatic rings. The van der Waals surface area contributed by atoms with Crippen LogP contribution in [0.3, 0.4) is 0 Å². The SMILES string of the molecule is CCS(=O)(=O)N1CCC(N2C(=O)[C@@H]3CC[C@@H](c4ccccc4)N3C2=O)CC1. The number of carbonyl (C=O) groups excluding carboxylic acids is 2. The summed E-state index contributed by atoms with van der Waals surface area (Å²) < 4.78 is 25.6. The molecule has 0 N–H and O–H groups in total. The van der Waals surface area contributed by atoms with E-state index in [0.717, 1.165) is 12.0 Å². The van der Waals surface area contributed by atoms with Crippen molar-refractivity contribution < 1.29 is 18.0 Å². The van der Waals surface area contributed by atoms with Gasteiger partial charge in [-0.2, -0.15) is 0 Å². The summed E-state index contributed by atoms with van der Waals surface area (Å²) in [7, 11) is -3.22. The van der Waals surface area contributed by atoms with E-state index in [0.29, 0.717) is 32.4 Å². The molecule has 0 unspecified atom stereocenters. The number of sulfonamides is 1. The Balaban J connectivity index is 1.50. The van der Waals surface area contributed by atoms with Crippen molar-refractivity contribution in [1.29, 1.82) is 0 Å². The fourth-order valence-electron chi connectivity index (χ4n) is 4.60. The highest BCUT2D eigenvalue weighted by Crippen LogP contribution is 2.42. The van der Waals surface area contributed by atoms with Crippen molar-refractivity contribution in [2.24, 2.45) is 0 Å². The van der Waals surface area contributed by atoms with Gasteiger partial charge < -0.3 is 4.90 Å². The number of rotatable bonds is 4. The first-order valence-corrected chi connectivity index (χ1v) is 11.2. The van der Waals surface area contributed by atoms with Gasteiger partial charge in [0.15, 0.2) is 0 Å². The van der Waals surface area contributed by atoms with Crippen LogP contribution in [-0.4, -0.2) is 65.4 Å². The van der Waals surface area contributed by atoms with Gasteiger partial charge in [-0.1, -0.05) is 30.3 Å². The van der Waals surface area contributed by atoms with Crippen molar-refractivity contribution in [1.82, 2.24) is 14.1 Å². The highest BCUT2D eigenvalue weighted by atomic mass is 32.2. The maximum absolute atomic E-state index is 13.1. The van der Waals surface area contributed by atoms with Crippen LogP contribution in [-0.2, 0) is 14.8 Å². The van der Waals surface area contributed by atoms with Crippen molar-refractivity contribution in [3.63, 3.8) is 0 Å². The summed E-state index contributed by atoms with van der Waals surface area (Å²) in [6.45, 7) is 2.36. The minimum atomic E-state index is -3.22. The largest absolute Gasteiger partial charge is 0.328 e.